The number of benzene rings is 1. The summed E-state index contributed by atoms with van der Waals surface area (Å²) in [5.74, 6) is 0.148. The number of anilines is 1. The standard InChI is InChI=1S/C16H24FNO/c1-6-11(3)10-18(7-2)16-8-12(4)15(17)9-14(16)13(5)19/h8-9,11H,6-7,10H2,1-5H3. The summed E-state index contributed by atoms with van der Waals surface area (Å²) in [5.41, 5.74) is 1.92. The minimum atomic E-state index is -0.312. The van der Waals surface area contributed by atoms with Crippen LogP contribution >= 0.6 is 0 Å². The lowest BCUT2D eigenvalue weighted by atomic mass is 10.0. The van der Waals surface area contributed by atoms with Crippen molar-refractivity contribution in [1.82, 2.24) is 0 Å². The number of carbonyl (C=O) groups is 1. The van der Waals surface area contributed by atoms with Gasteiger partial charge < -0.3 is 4.90 Å². The first-order valence-corrected chi connectivity index (χ1v) is 6.96. The van der Waals surface area contributed by atoms with Crippen LogP contribution in [0, 0.1) is 18.7 Å². The lowest BCUT2D eigenvalue weighted by Crippen LogP contribution is -2.29. The SMILES string of the molecule is CCC(C)CN(CC)c1cc(C)c(F)cc1C(C)=O. The molecular weight excluding hydrogens is 241 g/mol. The Balaban J connectivity index is 3.21. The summed E-state index contributed by atoms with van der Waals surface area (Å²) in [6, 6.07) is 3.16. The Morgan fingerprint density at radius 2 is 2.00 bits per heavy atom. The smallest absolute Gasteiger partial charge is 0.161 e. The molecule has 0 fully saturated rings. The summed E-state index contributed by atoms with van der Waals surface area (Å²) in [6.45, 7) is 11.3. The Morgan fingerprint density at radius 3 is 2.47 bits per heavy atom. The molecule has 0 bridgehead atoms. The molecule has 0 aliphatic rings. The van der Waals surface area contributed by atoms with Crippen LogP contribution in [-0.4, -0.2) is 18.9 Å². The third-order valence-corrected chi connectivity index (χ3v) is 3.61. The summed E-state index contributed by atoms with van der Waals surface area (Å²) in [5, 5.41) is 0. The first kappa shape index (κ1) is 15.7. The van der Waals surface area contributed by atoms with Crippen LogP contribution in [0.25, 0.3) is 0 Å². The predicted molar refractivity (Wildman–Crippen MR) is 78.5 cm³/mol. The molecule has 0 amide bonds. The number of hydrogen-bond acceptors (Lipinski definition) is 2. The van der Waals surface area contributed by atoms with Gasteiger partial charge in [0.05, 0.1) is 0 Å². The minimum absolute atomic E-state index is 0.0866. The van der Waals surface area contributed by atoms with Gasteiger partial charge in [0.25, 0.3) is 0 Å². The zero-order valence-corrected chi connectivity index (χ0v) is 12.6. The molecule has 3 heteroatoms. The number of ketones is 1. The molecule has 0 aliphatic heterocycles. The summed E-state index contributed by atoms with van der Waals surface area (Å²) in [7, 11) is 0. The summed E-state index contributed by atoms with van der Waals surface area (Å²) < 4.78 is 13.6. The molecule has 2 nitrogen and oxygen atoms in total. The quantitative estimate of drug-likeness (QED) is 0.718. The van der Waals surface area contributed by atoms with Crippen LogP contribution in [0.5, 0.6) is 0 Å². The predicted octanol–water partition coefficient (Wildman–Crippen LogP) is 4.21. The van der Waals surface area contributed by atoms with Crippen molar-refractivity contribution in [2.75, 3.05) is 18.0 Å². The molecule has 0 aromatic heterocycles. The van der Waals surface area contributed by atoms with E-state index in [0.717, 1.165) is 25.2 Å². The number of Topliss-reactive ketones (excluding diaryl/α,β-unsaturated/α-hetero) is 1. The Labute approximate surface area is 115 Å². The molecule has 1 aromatic rings. The normalized spacial score (nSPS) is 12.3. The largest absolute Gasteiger partial charge is 0.371 e. The Hall–Kier alpha value is -1.38. The zero-order chi connectivity index (χ0) is 14.6. The second-order valence-electron chi connectivity index (χ2n) is 5.23. The monoisotopic (exact) mass is 265 g/mol. The minimum Gasteiger partial charge on any atom is -0.371 e. The van der Waals surface area contributed by atoms with Gasteiger partial charge in [-0.25, -0.2) is 4.39 Å². The van der Waals surface area contributed by atoms with Gasteiger partial charge in [0.2, 0.25) is 0 Å². The Kier molecular flexibility index (Phi) is 5.52. The lowest BCUT2D eigenvalue weighted by molar-refractivity contribution is 0.101. The molecule has 0 saturated carbocycles. The van der Waals surface area contributed by atoms with Gasteiger partial charge in [-0.1, -0.05) is 20.3 Å². The molecule has 1 atom stereocenters. The van der Waals surface area contributed by atoms with Crippen molar-refractivity contribution in [1.29, 1.82) is 0 Å². The number of aryl methyl sites for hydroxylation is 1. The number of nitrogens with zero attached hydrogens (tertiary/aromatic N) is 1. The maximum absolute atomic E-state index is 13.6. The fourth-order valence-electron chi connectivity index (χ4n) is 2.11. The molecule has 0 N–H and O–H groups in total. The highest BCUT2D eigenvalue weighted by Gasteiger charge is 2.17. The van der Waals surface area contributed by atoms with E-state index < -0.39 is 0 Å². The first-order valence-electron chi connectivity index (χ1n) is 6.96. The van der Waals surface area contributed by atoms with Crippen LogP contribution in [0.15, 0.2) is 12.1 Å². The average molecular weight is 265 g/mol. The zero-order valence-electron chi connectivity index (χ0n) is 12.6. The van der Waals surface area contributed by atoms with Gasteiger partial charge >= 0.3 is 0 Å². The van der Waals surface area contributed by atoms with Gasteiger partial charge in [-0.15, -0.1) is 0 Å². The van der Waals surface area contributed by atoms with Crippen molar-refractivity contribution in [2.45, 2.75) is 41.0 Å². The topological polar surface area (TPSA) is 20.3 Å². The molecule has 1 rings (SSSR count). The summed E-state index contributed by atoms with van der Waals surface area (Å²) >= 11 is 0. The molecule has 19 heavy (non-hydrogen) atoms. The summed E-state index contributed by atoms with van der Waals surface area (Å²) in [4.78, 5) is 13.9. The van der Waals surface area contributed by atoms with E-state index in [1.807, 2.05) is 0 Å². The average Bonchev–Trinajstić information content (AvgIpc) is 2.38. The van der Waals surface area contributed by atoms with Crippen molar-refractivity contribution >= 4 is 11.5 Å². The molecule has 1 aromatic carbocycles. The molecule has 1 unspecified atom stereocenters. The van der Waals surface area contributed by atoms with Gasteiger partial charge in [-0.3, -0.25) is 4.79 Å². The van der Waals surface area contributed by atoms with Crippen LogP contribution in [-0.2, 0) is 0 Å². The fourth-order valence-corrected chi connectivity index (χ4v) is 2.11. The van der Waals surface area contributed by atoms with Crippen molar-refractivity contribution in [3.63, 3.8) is 0 Å². The molecular formula is C16H24FNO. The summed E-state index contributed by atoms with van der Waals surface area (Å²) in [6.07, 6.45) is 1.09. The van der Waals surface area contributed by atoms with Crippen LogP contribution in [0.2, 0.25) is 0 Å². The lowest BCUT2D eigenvalue weighted by Gasteiger charge is -2.28. The fraction of sp³-hybridized carbons (Fsp3) is 0.562. The van der Waals surface area contributed by atoms with E-state index in [4.69, 9.17) is 0 Å². The Bertz CT molecular complexity index is 456. The first-order chi connectivity index (χ1) is 8.90. The molecule has 0 saturated heterocycles. The second-order valence-corrected chi connectivity index (χ2v) is 5.23. The van der Waals surface area contributed by atoms with Crippen molar-refractivity contribution in [3.05, 3.63) is 29.1 Å². The van der Waals surface area contributed by atoms with Crippen molar-refractivity contribution < 1.29 is 9.18 Å². The third kappa shape index (κ3) is 3.79. The van der Waals surface area contributed by atoms with E-state index in [1.54, 1.807) is 13.0 Å². The number of carbonyl (C=O) groups excluding carboxylic acids is 1. The van der Waals surface area contributed by atoms with Crippen LogP contribution < -0.4 is 4.90 Å². The molecule has 0 radical (unpaired) electrons. The van der Waals surface area contributed by atoms with E-state index in [9.17, 15) is 9.18 Å². The highest BCUT2D eigenvalue weighted by atomic mass is 19.1. The van der Waals surface area contributed by atoms with Gasteiger partial charge in [0.1, 0.15) is 5.82 Å². The molecule has 0 heterocycles. The third-order valence-electron chi connectivity index (χ3n) is 3.61. The van der Waals surface area contributed by atoms with Gasteiger partial charge in [0.15, 0.2) is 5.78 Å². The van der Waals surface area contributed by atoms with Gasteiger partial charge in [-0.2, -0.15) is 0 Å². The second kappa shape index (κ2) is 6.69. The van der Waals surface area contributed by atoms with E-state index in [0.29, 0.717) is 17.0 Å². The number of rotatable bonds is 6. The van der Waals surface area contributed by atoms with Gasteiger partial charge in [-0.05, 0) is 44.4 Å². The number of hydrogen-bond donors (Lipinski definition) is 0. The maximum atomic E-state index is 13.6. The molecule has 0 aliphatic carbocycles. The molecule has 106 valence electrons. The van der Waals surface area contributed by atoms with Crippen LogP contribution in [0.1, 0.15) is 50.0 Å². The van der Waals surface area contributed by atoms with Crippen molar-refractivity contribution in [3.8, 4) is 0 Å². The maximum Gasteiger partial charge on any atom is 0.161 e. The Morgan fingerprint density at radius 1 is 1.37 bits per heavy atom. The van der Waals surface area contributed by atoms with Crippen LogP contribution in [0.4, 0.5) is 10.1 Å². The molecule has 0 spiro atoms. The number of halogens is 1. The van der Waals surface area contributed by atoms with E-state index in [-0.39, 0.29) is 11.6 Å². The van der Waals surface area contributed by atoms with E-state index >= 15 is 0 Å². The highest BCUT2D eigenvalue weighted by molar-refractivity contribution is 5.99. The highest BCUT2D eigenvalue weighted by Crippen LogP contribution is 2.26. The van der Waals surface area contributed by atoms with E-state index in [1.165, 1.54) is 13.0 Å². The van der Waals surface area contributed by atoms with Crippen molar-refractivity contribution in [2.24, 2.45) is 5.92 Å². The van der Waals surface area contributed by atoms with E-state index in [2.05, 4.69) is 25.7 Å². The van der Waals surface area contributed by atoms with Crippen LogP contribution in [0.3, 0.4) is 0 Å². The van der Waals surface area contributed by atoms with Gasteiger partial charge in [0, 0.05) is 24.3 Å².